The van der Waals surface area contributed by atoms with Crippen molar-refractivity contribution in [2.45, 2.75) is 0 Å². The number of rotatable bonds is 3. The minimum absolute atomic E-state index is 0.278. The average molecular weight is 230 g/mol. The standard InChI is InChI=1S/C13H11FN2O/c1-2-3-6-15-13(17)12-7-9-4-5-10(14)8-11(9)16-12/h2-8,16H,1H2,(H,15,17). The predicted molar refractivity (Wildman–Crippen MR) is 65.1 cm³/mol. The first-order chi connectivity index (χ1) is 8.20. The molecule has 2 N–H and O–H groups in total. The molecule has 0 unspecified atom stereocenters. The van der Waals surface area contributed by atoms with E-state index in [0.717, 1.165) is 5.39 Å². The first-order valence-electron chi connectivity index (χ1n) is 5.07. The van der Waals surface area contributed by atoms with Crippen molar-refractivity contribution >= 4 is 16.8 Å². The Hall–Kier alpha value is -2.36. The van der Waals surface area contributed by atoms with Gasteiger partial charge in [-0.2, -0.15) is 0 Å². The fraction of sp³-hybridized carbons (Fsp3) is 0. The number of halogens is 1. The molecule has 3 nitrogen and oxygen atoms in total. The molecule has 0 aliphatic carbocycles. The van der Waals surface area contributed by atoms with Crippen LogP contribution in [-0.4, -0.2) is 10.9 Å². The number of benzene rings is 1. The maximum Gasteiger partial charge on any atom is 0.271 e. The Morgan fingerprint density at radius 2 is 2.24 bits per heavy atom. The molecule has 0 saturated carbocycles. The van der Waals surface area contributed by atoms with Crippen molar-refractivity contribution in [3.63, 3.8) is 0 Å². The summed E-state index contributed by atoms with van der Waals surface area (Å²) in [5, 5.41) is 3.36. The summed E-state index contributed by atoms with van der Waals surface area (Å²) in [6, 6.07) is 6.00. The van der Waals surface area contributed by atoms with Crippen LogP contribution in [0.3, 0.4) is 0 Å². The third-order valence-electron chi connectivity index (χ3n) is 2.28. The minimum atomic E-state index is -0.335. The maximum absolute atomic E-state index is 13.0. The van der Waals surface area contributed by atoms with E-state index in [2.05, 4.69) is 16.9 Å². The van der Waals surface area contributed by atoms with E-state index < -0.39 is 0 Å². The van der Waals surface area contributed by atoms with Crippen molar-refractivity contribution in [3.05, 3.63) is 60.7 Å². The van der Waals surface area contributed by atoms with Crippen LogP contribution in [0.15, 0.2) is 49.2 Å². The lowest BCUT2D eigenvalue weighted by molar-refractivity contribution is 0.0966. The lowest BCUT2D eigenvalue weighted by Gasteiger charge is -1.94. The molecule has 0 saturated heterocycles. The quantitative estimate of drug-likeness (QED) is 0.782. The van der Waals surface area contributed by atoms with Crippen LogP contribution in [0, 0.1) is 5.82 Å². The van der Waals surface area contributed by atoms with Crippen LogP contribution in [-0.2, 0) is 0 Å². The molecule has 2 aromatic rings. The van der Waals surface area contributed by atoms with Crippen molar-refractivity contribution in [1.82, 2.24) is 10.3 Å². The second-order valence-corrected chi connectivity index (χ2v) is 3.48. The highest BCUT2D eigenvalue weighted by molar-refractivity contribution is 5.98. The second-order valence-electron chi connectivity index (χ2n) is 3.48. The van der Waals surface area contributed by atoms with Crippen molar-refractivity contribution in [1.29, 1.82) is 0 Å². The van der Waals surface area contributed by atoms with Crippen LogP contribution in [0.5, 0.6) is 0 Å². The molecule has 1 aromatic carbocycles. The van der Waals surface area contributed by atoms with Gasteiger partial charge in [-0.25, -0.2) is 4.39 Å². The zero-order valence-electron chi connectivity index (χ0n) is 9.03. The van der Waals surface area contributed by atoms with Gasteiger partial charge in [0.1, 0.15) is 11.5 Å². The number of H-pyrrole nitrogens is 1. The fourth-order valence-corrected chi connectivity index (χ4v) is 1.49. The first-order valence-corrected chi connectivity index (χ1v) is 5.07. The number of carbonyl (C=O) groups is 1. The first kappa shape index (κ1) is 11.1. The Bertz CT molecular complexity index is 598. The average Bonchev–Trinajstić information content (AvgIpc) is 2.72. The van der Waals surface area contributed by atoms with Crippen molar-refractivity contribution in [3.8, 4) is 0 Å². The Balaban J connectivity index is 2.27. The number of nitrogens with one attached hydrogen (secondary N) is 2. The summed E-state index contributed by atoms with van der Waals surface area (Å²) in [5.41, 5.74) is 0.988. The summed E-state index contributed by atoms with van der Waals surface area (Å²) < 4.78 is 13.0. The number of fused-ring (bicyclic) bond motifs is 1. The summed E-state index contributed by atoms with van der Waals surface area (Å²) in [4.78, 5) is 14.5. The van der Waals surface area contributed by atoms with Gasteiger partial charge < -0.3 is 10.3 Å². The predicted octanol–water partition coefficient (Wildman–Crippen LogP) is 2.74. The fourth-order valence-electron chi connectivity index (χ4n) is 1.49. The third kappa shape index (κ3) is 2.42. The molecule has 4 heteroatoms. The van der Waals surface area contributed by atoms with Crippen LogP contribution in [0.25, 0.3) is 10.9 Å². The molecule has 2 rings (SSSR count). The van der Waals surface area contributed by atoms with Crippen LogP contribution < -0.4 is 5.32 Å². The second kappa shape index (κ2) is 4.65. The number of aromatic amines is 1. The molecule has 1 aromatic heterocycles. The van der Waals surface area contributed by atoms with E-state index in [9.17, 15) is 9.18 Å². The van der Waals surface area contributed by atoms with Crippen molar-refractivity contribution < 1.29 is 9.18 Å². The molecule has 0 aliphatic rings. The van der Waals surface area contributed by atoms with Crippen molar-refractivity contribution in [2.75, 3.05) is 0 Å². The highest BCUT2D eigenvalue weighted by Crippen LogP contribution is 2.16. The van der Waals surface area contributed by atoms with Gasteiger partial charge in [-0.3, -0.25) is 4.79 Å². The van der Waals surface area contributed by atoms with E-state index in [0.29, 0.717) is 11.2 Å². The number of hydrogen-bond donors (Lipinski definition) is 2. The number of allylic oxidation sites excluding steroid dienone is 2. The summed E-state index contributed by atoms with van der Waals surface area (Å²) in [5.74, 6) is -0.613. The van der Waals surface area contributed by atoms with E-state index in [1.807, 2.05) is 0 Å². The topological polar surface area (TPSA) is 44.9 Å². The van der Waals surface area contributed by atoms with Gasteiger partial charge in [0.2, 0.25) is 0 Å². The number of aromatic nitrogens is 1. The van der Waals surface area contributed by atoms with Gasteiger partial charge in [-0.1, -0.05) is 12.7 Å². The van der Waals surface area contributed by atoms with Gasteiger partial charge in [0, 0.05) is 17.1 Å². The summed E-state index contributed by atoms with van der Waals surface area (Å²) in [6.07, 6.45) is 4.66. The van der Waals surface area contributed by atoms with Gasteiger partial charge in [0.05, 0.1) is 0 Å². The lowest BCUT2D eigenvalue weighted by Crippen LogP contribution is -2.17. The summed E-state index contributed by atoms with van der Waals surface area (Å²) >= 11 is 0. The molecule has 17 heavy (non-hydrogen) atoms. The van der Waals surface area contributed by atoms with Gasteiger partial charge in [-0.15, -0.1) is 0 Å². The molecule has 0 radical (unpaired) electrons. The van der Waals surface area contributed by atoms with Gasteiger partial charge >= 0.3 is 0 Å². The minimum Gasteiger partial charge on any atom is -0.350 e. The molecule has 0 spiro atoms. The van der Waals surface area contributed by atoms with Gasteiger partial charge in [-0.05, 0) is 30.3 Å². The zero-order chi connectivity index (χ0) is 12.3. The Morgan fingerprint density at radius 3 is 3.00 bits per heavy atom. The highest BCUT2D eigenvalue weighted by Gasteiger charge is 2.08. The maximum atomic E-state index is 13.0. The Kier molecular flexibility index (Phi) is 3.05. The van der Waals surface area contributed by atoms with Crippen LogP contribution in [0.1, 0.15) is 10.5 Å². The number of amides is 1. The van der Waals surface area contributed by atoms with Crippen LogP contribution >= 0.6 is 0 Å². The van der Waals surface area contributed by atoms with Crippen LogP contribution in [0.4, 0.5) is 4.39 Å². The molecule has 1 heterocycles. The molecule has 1 amide bonds. The summed E-state index contributed by atoms with van der Waals surface area (Å²) in [6.45, 7) is 3.49. The van der Waals surface area contributed by atoms with Crippen molar-refractivity contribution in [2.24, 2.45) is 0 Å². The third-order valence-corrected chi connectivity index (χ3v) is 2.28. The SMILES string of the molecule is C=CC=CNC(=O)c1cc2ccc(F)cc2[nH]1. The summed E-state index contributed by atoms with van der Waals surface area (Å²) in [7, 11) is 0. The molecule has 86 valence electrons. The smallest absolute Gasteiger partial charge is 0.271 e. The number of hydrogen-bond acceptors (Lipinski definition) is 1. The van der Waals surface area contributed by atoms with Gasteiger partial charge in [0.15, 0.2) is 0 Å². The van der Waals surface area contributed by atoms with E-state index in [4.69, 9.17) is 0 Å². The molecular formula is C13H11FN2O. The Morgan fingerprint density at radius 1 is 1.41 bits per heavy atom. The molecule has 0 aliphatic heterocycles. The number of carbonyl (C=O) groups excluding carboxylic acids is 1. The molecular weight excluding hydrogens is 219 g/mol. The highest BCUT2D eigenvalue weighted by atomic mass is 19.1. The zero-order valence-corrected chi connectivity index (χ0v) is 9.03. The normalized spacial score (nSPS) is 10.9. The van der Waals surface area contributed by atoms with Crippen LogP contribution in [0.2, 0.25) is 0 Å². The molecule has 0 bridgehead atoms. The molecule has 0 atom stereocenters. The van der Waals surface area contributed by atoms with E-state index >= 15 is 0 Å². The largest absolute Gasteiger partial charge is 0.350 e. The molecule has 0 fully saturated rings. The lowest BCUT2D eigenvalue weighted by atomic mass is 10.2. The van der Waals surface area contributed by atoms with E-state index in [1.54, 1.807) is 24.3 Å². The van der Waals surface area contributed by atoms with E-state index in [1.165, 1.54) is 18.3 Å². The monoisotopic (exact) mass is 230 g/mol. The Labute approximate surface area is 97.6 Å². The van der Waals surface area contributed by atoms with Gasteiger partial charge in [0.25, 0.3) is 5.91 Å². The van der Waals surface area contributed by atoms with E-state index in [-0.39, 0.29) is 11.7 Å².